The molecule has 1 aliphatic rings. The van der Waals surface area contributed by atoms with Crippen LogP contribution >= 0.6 is 0 Å². The van der Waals surface area contributed by atoms with Gasteiger partial charge >= 0.3 is 12.1 Å². The monoisotopic (exact) mass is 494 g/mol. The van der Waals surface area contributed by atoms with Gasteiger partial charge in [-0.05, 0) is 52.9 Å². The maximum Gasteiger partial charge on any atom is 0.416 e. The number of methoxy groups -OCH3 is 1. The topological polar surface area (TPSA) is 68.3 Å². The minimum atomic E-state index is -4.44. The highest BCUT2D eigenvalue weighted by Crippen LogP contribution is 2.30. The molecule has 1 aliphatic carbocycles. The molecule has 0 amide bonds. The third-order valence-electron chi connectivity index (χ3n) is 6.09. The quantitative estimate of drug-likeness (QED) is 0.420. The molecule has 0 bridgehead atoms. The Morgan fingerprint density at radius 2 is 1.81 bits per heavy atom. The van der Waals surface area contributed by atoms with Crippen molar-refractivity contribution in [3.8, 4) is 0 Å². The van der Waals surface area contributed by atoms with Gasteiger partial charge in [0.05, 0.1) is 30.3 Å². The van der Waals surface area contributed by atoms with E-state index in [-0.39, 0.29) is 24.6 Å². The molecule has 0 aliphatic heterocycles. The number of hydrogen-bond donors (Lipinski definition) is 1. The van der Waals surface area contributed by atoms with E-state index in [0.29, 0.717) is 24.1 Å². The maximum atomic E-state index is 12.9. The van der Waals surface area contributed by atoms with E-state index in [0.717, 1.165) is 45.8 Å². The Morgan fingerprint density at radius 1 is 1.06 bits per heavy atom. The third kappa shape index (κ3) is 6.00. The summed E-state index contributed by atoms with van der Waals surface area (Å²) < 4.78 is 43.6. The number of Topliss-reactive ketones (excluding diaryl/α,β-unsaturated/α-hetero) is 1. The van der Waals surface area contributed by atoms with Crippen LogP contribution in [0.5, 0.6) is 0 Å². The van der Waals surface area contributed by atoms with E-state index in [2.05, 4.69) is 10.3 Å². The lowest BCUT2D eigenvalue weighted by Crippen LogP contribution is -2.10. The number of nitrogens with zero attached hydrogens (tertiary/aromatic N) is 1. The molecule has 5 nitrogen and oxygen atoms in total. The second-order valence-corrected chi connectivity index (χ2v) is 8.80. The lowest BCUT2D eigenvalue weighted by molar-refractivity contribution is -0.138. The van der Waals surface area contributed by atoms with Crippen LogP contribution in [0.2, 0.25) is 0 Å². The van der Waals surface area contributed by atoms with E-state index in [9.17, 15) is 22.8 Å². The molecule has 186 valence electrons. The van der Waals surface area contributed by atoms with Crippen molar-refractivity contribution in [3.63, 3.8) is 0 Å². The Bertz CT molecular complexity index is 1350. The van der Waals surface area contributed by atoms with Gasteiger partial charge in [0.2, 0.25) is 0 Å². The fourth-order valence-corrected chi connectivity index (χ4v) is 4.16. The van der Waals surface area contributed by atoms with Crippen LogP contribution in [0.4, 0.5) is 18.9 Å². The lowest BCUT2D eigenvalue weighted by atomic mass is 9.98. The van der Waals surface area contributed by atoms with Crippen molar-refractivity contribution in [2.75, 3.05) is 12.4 Å². The standard InChI is InChI=1S/C28H25F3N2O3/c1-17-6-7-19(11-25(34)10-18-4-3-5-23(9-18)28(29,30)31)8-22(17)15-32-24-13-20-12-21(27(35)36-2)14-26(20)33-16-24/h3-9,12-13,16,32H,10-11,14-15H2,1-2H3. The Hall–Kier alpha value is -3.94. The molecular weight excluding hydrogens is 469 g/mol. The van der Waals surface area contributed by atoms with Crippen molar-refractivity contribution in [2.45, 2.75) is 38.9 Å². The van der Waals surface area contributed by atoms with Gasteiger partial charge < -0.3 is 10.1 Å². The maximum absolute atomic E-state index is 12.9. The molecule has 0 spiro atoms. The first-order valence-electron chi connectivity index (χ1n) is 11.4. The number of ether oxygens (including phenoxy) is 1. The SMILES string of the molecule is COC(=O)C1=Cc2cc(NCc3cc(CC(=O)Cc4cccc(C(F)(F)F)c4)ccc3C)cnc2C1. The molecule has 36 heavy (non-hydrogen) atoms. The van der Waals surface area contributed by atoms with Gasteiger partial charge in [-0.1, -0.05) is 36.4 Å². The number of esters is 1. The first-order chi connectivity index (χ1) is 17.1. The lowest BCUT2D eigenvalue weighted by Gasteiger charge is -2.12. The normalized spacial score (nSPS) is 12.6. The number of alkyl halides is 3. The average molecular weight is 495 g/mol. The van der Waals surface area contributed by atoms with Crippen LogP contribution in [-0.4, -0.2) is 23.8 Å². The van der Waals surface area contributed by atoms with Crippen LogP contribution in [0.25, 0.3) is 6.08 Å². The number of aromatic nitrogens is 1. The Labute approximate surface area is 207 Å². The van der Waals surface area contributed by atoms with E-state index < -0.39 is 11.7 Å². The summed E-state index contributed by atoms with van der Waals surface area (Å²) in [5.74, 6) is -0.523. The zero-order chi connectivity index (χ0) is 25.9. The first-order valence-corrected chi connectivity index (χ1v) is 11.4. The van der Waals surface area contributed by atoms with Crippen molar-refractivity contribution in [1.29, 1.82) is 0 Å². The van der Waals surface area contributed by atoms with Crippen LogP contribution in [-0.2, 0) is 46.3 Å². The molecule has 1 heterocycles. The molecular formula is C28H25F3N2O3. The number of aryl methyl sites for hydroxylation is 1. The molecule has 3 aromatic rings. The summed E-state index contributed by atoms with van der Waals surface area (Å²) in [4.78, 5) is 28.8. The number of pyridine rings is 1. The highest BCUT2D eigenvalue weighted by Gasteiger charge is 2.30. The zero-order valence-corrected chi connectivity index (χ0v) is 19.9. The second-order valence-electron chi connectivity index (χ2n) is 8.80. The molecule has 0 atom stereocenters. The van der Waals surface area contributed by atoms with Gasteiger partial charge in [-0.3, -0.25) is 9.78 Å². The van der Waals surface area contributed by atoms with Crippen molar-refractivity contribution in [1.82, 2.24) is 4.98 Å². The number of carbonyl (C=O) groups excluding carboxylic acids is 2. The van der Waals surface area contributed by atoms with Crippen LogP contribution in [0, 0.1) is 6.92 Å². The fraction of sp³-hybridized carbons (Fsp3) is 0.250. The molecule has 1 aromatic heterocycles. The van der Waals surface area contributed by atoms with Gasteiger partial charge in [0.15, 0.2) is 0 Å². The molecule has 0 fully saturated rings. The minimum absolute atomic E-state index is 0.0622. The van der Waals surface area contributed by atoms with Gasteiger partial charge in [-0.2, -0.15) is 13.2 Å². The average Bonchev–Trinajstić information content (AvgIpc) is 3.27. The number of rotatable bonds is 8. The van der Waals surface area contributed by atoms with Crippen molar-refractivity contribution in [3.05, 3.63) is 99.4 Å². The smallest absolute Gasteiger partial charge is 0.416 e. The number of halogens is 3. The highest BCUT2D eigenvalue weighted by atomic mass is 19.4. The summed E-state index contributed by atoms with van der Waals surface area (Å²) in [6, 6.07) is 12.5. The van der Waals surface area contributed by atoms with Gasteiger partial charge in [0, 0.05) is 31.4 Å². The summed E-state index contributed by atoms with van der Waals surface area (Å²) in [5.41, 5.74) is 5.46. The zero-order valence-electron chi connectivity index (χ0n) is 19.9. The van der Waals surface area contributed by atoms with E-state index in [1.807, 2.05) is 31.2 Å². The van der Waals surface area contributed by atoms with Crippen LogP contribution in [0.1, 0.15) is 39.1 Å². The van der Waals surface area contributed by atoms with Crippen LogP contribution < -0.4 is 5.32 Å². The van der Waals surface area contributed by atoms with Gasteiger partial charge in [-0.25, -0.2) is 4.79 Å². The van der Waals surface area contributed by atoms with Crippen LogP contribution in [0.15, 0.2) is 60.3 Å². The number of benzene rings is 2. The predicted molar refractivity (Wildman–Crippen MR) is 130 cm³/mol. The second kappa shape index (κ2) is 10.4. The fourth-order valence-electron chi connectivity index (χ4n) is 4.16. The number of carbonyl (C=O) groups is 2. The minimum Gasteiger partial charge on any atom is -0.466 e. The Balaban J connectivity index is 1.40. The number of anilines is 1. The predicted octanol–water partition coefficient (Wildman–Crippen LogP) is 5.49. The first kappa shape index (κ1) is 25.2. The summed E-state index contributed by atoms with van der Waals surface area (Å²) in [6.07, 6.45) is -0.436. The Kier molecular flexibility index (Phi) is 7.24. The summed E-state index contributed by atoms with van der Waals surface area (Å²) in [7, 11) is 1.35. The van der Waals surface area contributed by atoms with Gasteiger partial charge in [-0.15, -0.1) is 0 Å². The number of nitrogens with one attached hydrogen (secondary N) is 1. The van der Waals surface area contributed by atoms with Crippen molar-refractivity contribution >= 4 is 23.5 Å². The number of hydrogen-bond acceptors (Lipinski definition) is 5. The summed E-state index contributed by atoms with van der Waals surface area (Å²) in [6.45, 7) is 2.47. The molecule has 8 heteroatoms. The van der Waals surface area contributed by atoms with E-state index in [1.54, 1.807) is 12.3 Å². The van der Waals surface area contributed by atoms with E-state index >= 15 is 0 Å². The molecule has 4 rings (SSSR count). The van der Waals surface area contributed by atoms with Gasteiger partial charge in [0.1, 0.15) is 5.78 Å². The van der Waals surface area contributed by atoms with E-state index in [4.69, 9.17) is 4.74 Å². The van der Waals surface area contributed by atoms with Crippen molar-refractivity contribution in [2.24, 2.45) is 0 Å². The molecule has 0 radical (unpaired) electrons. The molecule has 0 unspecified atom stereocenters. The largest absolute Gasteiger partial charge is 0.466 e. The molecule has 0 saturated carbocycles. The number of ketones is 1. The highest BCUT2D eigenvalue weighted by molar-refractivity contribution is 5.96. The third-order valence-corrected chi connectivity index (χ3v) is 6.09. The molecule has 2 aromatic carbocycles. The molecule has 0 saturated heterocycles. The van der Waals surface area contributed by atoms with Gasteiger partial charge in [0.25, 0.3) is 0 Å². The Morgan fingerprint density at radius 3 is 2.53 bits per heavy atom. The summed E-state index contributed by atoms with van der Waals surface area (Å²) >= 11 is 0. The van der Waals surface area contributed by atoms with Crippen molar-refractivity contribution < 1.29 is 27.5 Å². The van der Waals surface area contributed by atoms with Crippen LogP contribution in [0.3, 0.4) is 0 Å². The van der Waals surface area contributed by atoms with E-state index in [1.165, 1.54) is 19.2 Å². The molecule has 1 N–H and O–H groups in total. The number of fused-ring (bicyclic) bond motifs is 1. The summed E-state index contributed by atoms with van der Waals surface area (Å²) in [5, 5.41) is 3.33.